The van der Waals surface area contributed by atoms with Gasteiger partial charge in [0.2, 0.25) is 11.8 Å². The lowest BCUT2D eigenvalue weighted by molar-refractivity contribution is -0.156. The number of hydrogen-bond acceptors (Lipinski definition) is 15. The molecule has 69 heavy (non-hydrogen) atoms. The molecular weight excluding hydrogens is 927 g/mol. The Morgan fingerprint density at radius 3 is 2.32 bits per heavy atom. The average molecular weight is 994 g/mol. The molecule has 376 valence electrons. The lowest BCUT2D eigenvalue weighted by Gasteiger charge is -2.19. The van der Waals surface area contributed by atoms with E-state index in [0.717, 1.165) is 19.3 Å². The third-order valence-electron chi connectivity index (χ3n) is 10.7. The Bertz CT molecular complexity index is 2310. The Hall–Kier alpha value is -5.14. The number of hydrogen-bond donors (Lipinski definition) is 3. The highest BCUT2D eigenvalue weighted by Crippen LogP contribution is 2.42. The van der Waals surface area contributed by atoms with Crippen LogP contribution in [0.5, 0.6) is 5.75 Å². The van der Waals surface area contributed by atoms with E-state index in [4.69, 9.17) is 32.8 Å². The molecule has 2 atom stereocenters. The predicted octanol–water partition coefficient (Wildman–Crippen LogP) is 7.50. The van der Waals surface area contributed by atoms with Crippen LogP contribution >= 0.6 is 21.6 Å². The van der Waals surface area contributed by atoms with Gasteiger partial charge in [0, 0.05) is 59.2 Å². The van der Waals surface area contributed by atoms with Crippen LogP contribution < -0.4 is 26.1 Å². The maximum absolute atomic E-state index is 13.4. The quantitative estimate of drug-likeness (QED) is 0.0200. The van der Waals surface area contributed by atoms with Crippen molar-refractivity contribution in [3.63, 3.8) is 0 Å². The van der Waals surface area contributed by atoms with Crippen LogP contribution in [0.4, 0.5) is 0 Å². The topological polar surface area (TPSA) is 207 Å². The smallest absolute Gasteiger partial charge is 0.338 e. The Morgan fingerprint density at radius 1 is 0.797 bits per heavy atom. The summed E-state index contributed by atoms with van der Waals surface area (Å²) >= 11 is 0. The first-order valence-electron chi connectivity index (χ1n) is 23.8. The van der Waals surface area contributed by atoms with Crippen molar-refractivity contribution in [1.82, 2.24) is 16.0 Å². The maximum Gasteiger partial charge on any atom is 0.338 e. The van der Waals surface area contributed by atoms with Crippen molar-refractivity contribution in [2.24, 2.45) is 0 Å². The fourth-order valence-electron chi connectivity index (χ4n) is 7.44. The maximum atomic E-state index is 13.4. The van der Waals surface area contributed by atoms with Gasteiger partial charge < -0.3 is 48.8 Å². The van der Waals surface area contributed by atoms with E-state index in [1.54, 1.807) is 43.3 Å². The summed E-state index contributed by atoms with van der Waals surface area (Å²) in [6.07, 6.45) is 6.40. The standard InChI is InChI=1S/C51H67N3O13S2/c1-5-64-50(60)39-14-8-7-13-38(39)48-40-19-17-35(55)32-43(40)66-44-33-36(18-20-41(44)48)65-34-46(57)54-42(15-10-11-23-52-45(56)16-9-6-12-37-22-31-68-69-37)49(59)53-24-26-62-28-30-63-29-27-61-25-21-47(58)67-51(2,3)4/h7-8,13-14,17-20,32-33,37,42H,5-6,9-12,15-16,21-31,34H2,1-4H3,(H,52,56)(H,53,59)(H,54,57). The van der Waals surface area contributed by atoms with Crippen molar-refractivity contribution in [2.45, 2.75) is 102 Å². The second-order valence-corrected chi connectivity index (χ2v) is 20.1. The summed E-state index contributed by atoms with van der Waals surface area (Å²) in [6, 6.07) is 15.7. The zero-order chi connectivity index (χ0) is 49.4. The lowest BCUT2D eigenvalue weighted by Crippen LogP contribution is -2.48. The van der Waals surface area contributed by atoms with Crippen molar-refractivity contribution in [1.29, 1.82) is 0 Å². The molecule has 3 aliphatic rings. The molecule has 0 aromatic heterocycles. The van der Waals surface area contributed by atoms with Gasteiger partial charge in [0.15, 0.2) is 12.0 Å². The van der Waals surface area contributed by atoms with Crippen molar-refractivity contribution < 1.29 is 56.8 Å². The molecule has 1 aliphatic carbocycles. The van der Waals surface area contributed by atoms with E-state index in [2.05, 4.69) is 16.0 Å². The van der Waals surface area contributed by atoms with Crippen LogP contribution in [-0.4, -0.2) is 118 Å². The van der Waals surface area contributed by atoms with Gasteiger partial charge >= 0.3 is 11.9 Å². The largest absolute Gasteiger partial charge is 0.484 e. The number of unbranched alkanes of at least 4 members (excludes halogenated alkanes) is 2. The minimum atomic E-state index is -0.886. The number of fused-ring (bicyclic) bond motifs is 2. The third-order valence-corrected chi connectivity index (χ3v) is 13.7. The second-order valence-electron chi connectivity index (χ2n) is 17.4. The van der Waals surface area contributed by atoms with Crippen molar-refractivity contribution in [3.05, 3.63) is 76.5 Å². The van der Waals surface area contributed by atoms with E-state index < -0.39 is 30.1 Å². The van der Waals surface area contributed by atoms with Crippen LogP contribution in [0.1, 0.15) is 95.8 Å². The molecule has 1 fully saturated rings. The number of carbonyl (C=O) groups excluding carboxylic acids is 5. The highest BCUT2D eigenvalue weighted by atomic mass is 33.1. The highest BCUT2D eigenvalue weighted by molar-refractivity contribution is 8.77. The molecule has 2 aromatic rings. The summed E-state index contributed by atoms with van der Waals surface area (Å²) in [7, 11) is 3.88. The van der Waals surface area contributed by atoms with Crippen LogP contribution in [0.25, 0.3) is 33.4 Å². The Labute approximate surface area is 412 Å². The summed E-state index contributed by atoms with van der Waals surface area (Å²) in [5.41, 5.74) is 1.78. The number of carbonyl (C=O) groups is 5. The molecule has 18 heteroatoms. The summed E-state index contributed by atoms with van der Waals surface area (Å²) in [6.45, 7) is 9.30. The van der Waals surface area contributed by atoms with Gasteiger partial charge in [-0.25, -0.2) is 4.79 Å². The van der Waals surface area contributed by atoms with Gasteiger partial charge in [-0.15, -0.1) is 0 Å². The normalized spacial score (nSPS) is 14.1. The fraction of sp³-hybridized carbons (Fsp3) is 0.529. The molecule has 2 unspecified atom stereocenters. The molecule has 0 spiro atoms. The van der Waals surface area contributed by atoms with Crippen molar-refractivity contribution in [2.75, 3.05) is 71.7 Å². The lowest BCUT2D eigenvalue weighted by atomic mass is 9.91. The van der Waals surface area contributed by atoms with Crippen LogP contribution in [0.15, 0.2) is 69.9 Å². The van der Waals surface area contributed by atoms with Gasteiger partial charge in [-0.1, -0.05) is 46.2 Å². The number of benzene rings is 3. The molecule has 2 heterocycles. The van der Waals surface area contributed by atoms with Gasteiger partial charge in [-0.3, -0.25) is 24.0 Å². The molecule has 5 rings (SSSR count). The van der Waals surface area contributed by atoms with E-state index in [0.29, 0.717) is 102 Å². The van der Waals surface area contributed by atoms with E-state index in [-0.39, 0.29) is 62.6 Å². The first kappa shape index (κ1) is 54.8. The van der Waals surface area contributed by atoms with E-state index >= 15 is 0 Å². The molecule has 2 aliphatic heterocycles. The van der Waals surface area contributed by atoms with Gasteiger partial charge in [-0.05, 0) is 102 Å². The minimum absolute atomic E-state index is 0.0137. The highest BCUT2D eigenvalue weighted by Gasteiger charge is 2.24. The molecule has 3 amide bonds. The van der Waals surface area contributed by atoms with E-state index in [1.165, 1.54) is 24.3 Å². The zero-order valence-corrected chi connectivity index (χ0v) is 41.8. The summed E-state index contributed by atoms with van der Waals surface area (Å²) in [5, 5.41) is 9.96. The van der Waals surface area contributed by atoms with Crippen molar-refractivity contribution >= 4 is 62.2 Å². The monoisotopic (exact) mass is 993 g/mol. The fourth-order valence-corrected chi connectivity index (χ4v) is 10.5. The second kappa shape index (κ2) is 29.1. The van der Waals surface area contributed by atoms with Gasteiger partial charge in [-0.2, -0.15) is 0 Å². The molecule has 0 radical (unpaired) electrons. The number of amides is 3. The molecule has 2 aromatic carbocycles. The van der Waals surface area contributed by atoms with Crippen LogP contribution in [0.2, 0.25) is 0 Å². The number of ether oxygens (including phenoxy) is 6. The number of rotatable bonds is 30. The Kier molecular flexibility index (Phi) is 23.1. The number of esters is 2. The van der Waals surface area contributed by atoms with E-state index in [1.807, 2.05) is 54.5 Å². The SMILES string of the molecule is CCOC(=O)c1ccccc1-c1c2ccc(=O)cc-2oc2cc(OCC(=O)NC(CCCCNC(=O)CCCCC3CCSS3)C(=O)NCCOCCOCCOCCC(=O)OC(C)(C)C)ccc12. The van der Waals surface area contributed by atoms with E-state index in [9.17, 15) is 28.8 Å². The summed E-state index contributed by atoms with van der Waals surface area (Å²) < 4.78 is 39.3. The third kappa shape index (κ3) is 19.3. The molecule has 1 saturated heterocycles. The molecule has 16 nitrogen and oxygen atoms in total. The van der Waals surface area contributed by atoms with Gasteiger partial charge in [0.25, 0.3) is 5.91 Å². The van der Waals surface area contributed by atoms with Crippen LogP contribution in [-0.2, 0) is 42.9 Å². The predicted molar refractivity (Wildman–Crippen MR) is 268 cm³/mol. The minimum Gasteiger partial charge on any atom is -0.484 e. The average Bonchev–Trinajstić information content (AvgIpc) is 3.84. The van der Waals surface area contributed by atoms with Crippen LogP contribution in [0.3, 0.4) is 0 Å². The summed E-state index contributed by atoms with van der Waals surface area (Å²) in [4.78, 5) is 76.5. The molecule has 0 bridgehead atoms. The van der Waals surface area contributed by atoms with Crippen LogP contribution in [0, 0.1) is 0 Å². The Morgan fingerprint density at radius 2 is 1.57 bits per heavy atom. The molecule has 0 saturated carbocycles. The summed E-state index contributed by atoms with van der Waals surface area (Å²) in [5.74, 6) is 0.0817. The molecule has 3 N–H and O–H groups in total. The zero-order valence-electron chi connectivity index (χ0n) is 40.2. The van der Waals surface area contributed by atoms with Gasteiger partial charge in [0.05, 0.1) is 58.2 Å². The first-order chi connectivity index (χ1) is 33.3. The number of nitrogens with one attached hydrogen (secondary N) is 3. The first-order valence-corrected chi connectivity index (χ1v) is 26.2. The Balaban J connectivity index is 1.12. The van der Waals surface area contributed by atoms with Gasteiger partial charge in [0.1, 0.15) is 28.7 Å². The van der Waals surface area contributed by atoms with Crippen molar-refractivity contribution in [3.8, 4) is 28.2 Å². The molecular formula is C51H67N3O13S2.